The summed E-state index contributed by atoms with van der Waals surface area (Å²) < 4.78 is 15.6. The molecule has 1 saturated heterocycles. The van der Waals surface area contributed by atoms with Crippen LogP contribution in [0.2, 0.25) is 0 Å². The number of ether oxygens (including phenoxy) is 3. The number of benzene rings is 1. The van der Waals surface area contributed by atoms with Crippen molar-refractivity contribution >= 4 is 23.5 Å². The zero-order valence-corrected chi connectivity index (χ0v) is 16.1. The third-order valence-corrected chi connectivity index (χ3v) is 4.77. The van der Waals surface area contributed by atoms with Crippen LogP contribution in [0.3, 0.4) is 0 Å². The molecule has 0 spiro atoms. The van der Waals surface area contributed by atoms with Crippen LogP contribution in [0.25, 0.3) is 0 Å². The summed E-state index contributed by atoms with van der Waals surface area (Å²) >= 11 is 0. The number of nitrogens with one attached hydrogen (secondary N) is 1. The normalized spacial score (nSPS) is 15.2. The standard InChI is InChI=1S/C20H22N4O5/c1-2-27-20(26)24-9-7-23(8-10-24)18-6-3-14(12-21-18)19(25)22-15-4-5-16-17(11-15)29-13-28-16/h3-6,11-12H,2,7-10,13H2,1H3,(H,22,25). The Morgan fingerprint density at radius 1 is 1.10 bits per heavy atom. The minimum Gasteiger partial charge on any atom is -0.454 e. The van der Waals surface area contributed by atoms with Gasteiger partial charge in [-0.1, -0.05) is 0 Å². The average molecular weight is 398 g/mol. The van der Waals surface area contributed by atoms with Gasteiger partial charge >= 0.3 is 6.09 Å². The number of amides is 2. The number of carbonyl (C=O) groups is 2. The molecule has 1 fully saturated rings. The molecule has 9 nitrogen and oxygen atoms in total. The molecule has 152 valence electrons. The molecule has 0 bridgehead atoms. The van der Waals surface area contributed by atoms with Crippen molar-refractivity contribution in [3.8, 4) is 11.5 Å². The fourth-order valence-electron chi connectivity index (χ4n) is 3.22. The Morgan fingerprint density at radius 3 is 2.62 bits per heavy atom. The van der Waals surface area contributed by atoms with Gasteiger partial charge < -0.3 is 29.3 Å². The lowest BCUT2D eigenvalue weighted by molar-refractivity contribution is 0.102. The van der Waals surface area contributed by atoms with Crippen molar-refractivity contribution in [1.29, 1.82) is 0 Å². The van der Waals surface area contributed by atoms with Gasteiger partial charge in [-0.2, -0.15) is 0 Å². The van der Waals surface area contributed by atoms with E-state index in [1.54, 1.807) is 42.3 Å². The zero-order valence-electron chi connectivity index (χ0n) is 16.1. The highest BCUT2D eigenvalue weighted by Gasteiger charge is 2.23. The van der Waals surface area contributed by atoms with Crippen LogP contribution in [0.5, 0.6) is 11.5 Å². The quantitative estimate of drug-likeness (QED) is 0.845. The molecule has 0 saturated carbocycles. The van der Waals surface area contributed by atoms with Gasteiger partial charge in [0.25, 0.3) is 5.91 Å². The first kappa shape index (κ1) is 18.9. The fraction of sp³-hybridized carbons (Fsp3) is 0.350. The maximum Gasteiger partial charge on any atom is 0.409 e. The van der Waals surface area contributed by atoms with Gasteiger partial charge in [-0.25, -0.2) is 9.78 Å². The van der Waals surface area contributed by atoms with Gasteiger partial charge in [0.1, 0.15) is 5.82 Å². The molecule has 29 heavy (non-hydrogen) atoms. The molecule has 1 N–H and O–H groups in total. The number of pyridine rings is 1. The molecule has 2 aliphatic rings. The lowest BCUT2D eigenvalue weighted by Crippen LogP contribution is -2.49. The fourth-order valence-corrected chi connectivity index (χ4v) is 3.22. The highest BCUT2D eigenvalue weighted by molar-refractivity contribution is 6.04. The Balaban J connectivity index is 1.34. The number of hydrogen-bond acceptors (Lipinski definition) is 7. The SMILES string of the molecule is CCOC(=O)N1CCN(c2ccc(C(=O)Nc3ccc4c(c3)OCO4)cn2)CC1. The minimum atomic E-state index is -0.282. The molecular weight excluding hydrogens is 376 g/mol. The zero-order chi connectivity index (χ0) is 20.2. The van der Waals surface area contributed by atoms with Crippen LogP contribution in [0.1, 0.15) is 17.3 Å². The van der Waals surface area contributed by atoms with Crippen LogP contribution < -0.4 is 19.7 Å². The van der Waals surface area contributed by atoms with Crippen molar-refractivity contribution in [2.24, 2.45) is 0 Å². The second-order valence-corrected chi connectivity index (χ2v) is 6.60. The molecule has 0 unspecified atom stereocenters. The maximum absolute atomic E-state index is 12.5. The van der Waals surface area contributed by atoms with E-state index in [4.69, 9.17) is 14.2 Å². The number of carbonyl (C=O) groups excluding carboxylic acids is 2. The third-order valence-electron chi connectivity index (χ3n) is 4.77. The van der Waals surface area contributed by atoms with Crippen LogP contribution in [0.4, 0.5) is 16.3 Å². The number of rotatable bonds is 4. The van der Waals surface area contributed by atoms with E-state index in [9.17, 15) is 9.59 Å². The van der Waals surface area contributed by atoms with E-state index in [0.717, 1.165) is 5.82 Å². The summed E-state index contributed by atoms with van der Waals surface area (Å²) in [4.78, 5) is 32.5. The highest BCUT2D eigenvalue weighted by Crippen LogP contribution is 2.34. The second-order valence-electron chi connectivity index (χ2n) is 6.60. The average Bonchev–Trinajstić information content (AvgIpc) is 3.22. The van der Waals surface area contributed by atoms with E-state index in [2.05, 4.69) is 15.2 Å². The Bertz CT molecular complexity index is 894. The summed E-state index contributed by atoms with van der Waals surface area (Å²) in [6.07, 6.45) is 1.27. The molecule has 9 heteroatoms. The van der Waals surface area contributed by atoms with Gasteiger partial charge in [0, 0.05) is 44.1 Å². The first-order valence-electron chi connectivity index (χ1n) is 9.48. The summed E-state index contributed by atoms with van der Waals surface area (Å²) in [6.45, 7) is 4.83. The molecular formula is C20H22N4O5. The van der Waals surface area contributed by atoms with Gasteiger partial charge in [0.05, 0.1) is 12.2 Å². The molecule has 1 aromatic heterocycles. The smallest absolute Gasteiger partial charge is 0.409 e. The van der Waals surface area contributed by atoms with E-state index in [-0.39, 0.29) is 18.8 Å². The number of anilines is 2. The van der Waals surface area contributed by atoms with Crippen molar-refractivity contribution in [2.75, 3.05) is 49.8 Å². The van der Waals surface area contributed by atoms with Crippen LogP contribution in [-0.4, -0.2) is 61.5 Å². The van der Waals surface area contributed by atoms with E-state index >= 15 is 0 Å². The summed E-state index contributed by atoms with van der Waals surface area (Å²) in [7, 11) is 0. The number of aromatic nitrogens is 1. The number of piperazine rings is 1. The molecule has 1 aromatic carbocycles. The molecule has 0 aliphatic carbocycles. The third kappa shape index (κ3) is 4.18. The molecule has 0 radical (unpaired) electrons. The second kappa shape index (κ2) is 8.26. The predicted octanol–water partition coefficient (Wildman–Crippen LogP) is 2.34. The van der Waals surface area contributed by atoms with Crippen LogP contribution in [0.15, 0.2) is 36.5 Å². The predicted molar refractivity (Wildman–Crippen MR) is 106 cm³/mol. The molecule has 2 aliphatic heterocycles. The van der Waals surface area contributed by atoms with Gasteiger partial charge in [-0.05, 0) is 31.2 Å². The van der Waals surface area contributed by atoms with Crippen LogP contribution >= 0.6 is 0 Å². The summed E-state index contributed by atoms with van der Waals surface area (Å²) in [5, 5.41) is 2.83. The molecule has 0 atom stereocenters. The van der Waals surface area contributed by atoms with Crippen molar-refractivity contribution in [2.45, 2.75) is 6.92 Å². The van der Waals surface area contributed by atoms with Gasteiger partial charge in [-0.15, -0.1) is 0 Å². The molecule has 3 heterocycles. The minimum absolute atomic E-state index is 0.187. The summed E-state index contributed by atoms with van der Waals surface area (Å²) in [6, 6.07) is 8.80. The lowest BCUT2D eigenvalue weighted by Gasteiger charge is -2.34. The van der Waals surface area contributed by atoms with Crippen molar-refractivity contribution in [3.05, 3.63) is 42.1 Å². The van der Waals surface area contributed by atoms with E-state index in [0.29, 0.717) is 55.5 Å². The van der Waals surface area contributed by atoms with Crippen molar-refractivity contribution in [3.63, 3.8) is 0 Å². The van der Waals surface area contributed by atoms with E-state index < -0.39 is 0 Å². The first-order chi connectivity index (χ1) is 14.1. The highest BCUT2D eigenvalue weighted by atomic mass is 16.7. The lowest BCUT2D eigenvalue weighted by atomic mass is 10.2. The Morgan fingerprint density at radius 2 is 1.90 bits per heavy atom. The topological polar surface area (TPSA) is 93.2 Å². The molecule has 2 amide bonds. The van der Waals surface area contributed by atoms with Crippen molar-refractivity contribution in [1.82, 2.24) is 9.88 Å². The summed E-state index contributed by atoms with van der Waals surface area (Å²) in [5.41, 5.74) is 1.08. The first-order valence-corrected chi connectivity index (χ1v) is 9.48. The molecule has 4 rings (SSSR count). The Hall–Kier alpha value is -3.49. The maximum atomic E-state index is 12.5. The monoisotopic (exact) mass is 398 g/mol. The van der Waals surface area contributed by atoms with Crippen molar-refractivity contribution < 1.29 is 23.8 Å². The summed E-state index contributed by atoms with van der Waals surface area (Å²) in [5.74, 6) is 1.79. The number of nitrogens with zero attached hydrogens (tertiary/aromatic N) is 3. The van der Waals surface area contributed by atoms with E-state index in [1.165, 1.54) is 0 Å². The Labute approximate surface area is 168 Å². The van der Waals surface area contributed by atoms with Crippen LogP contribution in [0, 0.1) is 0 Å². The van der Waals surface area contributed by atoms with Gasteiger partial charge in [0.2, 0.25) is 6.79 Å². The number of hydrogen-bond donors (Lipinski definition) is 1. The largest absolute Gasteiger partial charge is 0.454 e. The van der Waals surface area contributed by atoms with Gasteiger partial charge in [-0.3, -0.25) is 4.79 Å². The number of fused-ring (bicyclic) bond motifs is 1. The van der Waals surface area contributed by atoms with Crippen LogP contribution in [-0.2, 0) is 4.74 Å². The Kier molecular flexibility index (Phi) is 5.37. The van der Waals surface area contributed by atoms with Gasteiger partial charge in [0.15, 0.2) is 11.5 Å². The molecule has 2 aromatic rings. The van der Waals surface area contributed by atoms with E-state index in [1.807, 2.05) is 6.07 Å².